The van der Waals surface area contributed by atoms with Crippen LogP contribution in [-0.2, 0) is 5.60 Å². The molecule has 1 aromatic rings. The number of benzene rings is 1. The van der Waals surface area contributed by atoms with Crippen LogP contribution in [0.1, 0.15) is 37.7 Å². The molecular formula is C13H17FO2. The van der Waals surface area contributed by atoms with Gasteiger partial charge < -0.3 is 9.84 Å². The lowest BCUT2D eigenvalue weighted by molar-refractivity contribution is -0.00391. The molecule has 1 N–H and O–H groups in total. The third-order valence-electron chi connectivity index (χ3n) is 3.36. The Morgan fingerprint density at radius 2 is 1.94 bits per heavy atom. The average Bonchev–Trinajstić information content (AvgIpc) is 2.30. The Labute approximate surface area is 95.1 Å². The van der Waals surface area contributed by atoms with Crippen molar-refractivity contribution in [1.29, 1.82) is 0 Å². The molecule has 0 aromatic heterocycles. The molecular weight excluding hydrogens is 207 g/mol. The van der Waals surface area contributed by atoms with Crippen molar-refractivity contribution in [2.75, 3.05) is 7.11 Å². The molecule has 0 radical (unpaired) electrons. The molecule has 0 heterocycles. The van der Waals surface area contributed by atoms with Crippen LogP contribution in [0.25, 0.3) is 0 Å². The maximum Gasteiger partial charge on any atom is 0.129 e. The van der Waals surface area contributed by atoms with Gasteiger partial charge in [0.05, 0.1) is 12.7 Å². The van der Waals surface area contributed by atoms with Gasteiger partial charge in [-0.05, 0) is 31.0 Å². The molecule has 1 saturated carbocycles. The summed E-state index contributed by atoms with van der Waals surface area (Å²) in [5.74, 6) is 0.251. The van der Waals surface area contributed by atoms with Crippen LogP contribution in [-0.4, -0.2) is 12.2 Å². The SMILES string of the molecule is COc1ccc(F)c(C2(O)CCCCC2)c1. The minimum absolute atomic E-state index is 0.342. The second-order valence-electron chi connectivity index (χ2n) is 4.44. The van der Waals surface area contributed by atoms with E-state index in [0.29, 0.717) is 24.2 Å². The highest BCUT2D eigenvalue weighted by Gasteiger charge is 2.33. The topological polar surface area (TPSA) is 29.5 Å². The van der Waals surface area contributed by atoms with Crippen LogP contribution >= 0.6 is 0 Å². The molecule has 1 fully saturated rings. The first-order chi connectivity index (χ1) is 7.65. The zero-order valence-electron chi connectivity index (χ0n) is 9.50. The molecule has 2 nitrogen and oxygen atoms in total. The summed E-state index contributed by atoms with van der Waals surface area (Å²) in [6.45, 7) is 0. The zero-order chi connectivity index (χ0) is 11.6. The third-order valence-corrected chi connectivity index (χ3v) is 3.36. The predicted octanol–water partition coefficient (Wildman–Crippen LogP) is 2.99. The van der Waals surface area contributed by atoms with Gasteiger partial charge >= 0.3 is 0 Å². The fourth-order valence-electron chi connectivity index (χ4n) is 2.39. The highest BCUT2D eigenvalue weighted by Crippen LogP contribution is 2.39. The first kappa shape index (κ1) is 11.4. The highest BCUT2D eigenvalue weighted by molar-refractivity contribution is 5.34. The van der Waals surface area contributed by atoms with Gasteiger partial charge in [-0.25, -0.2) is 4.39 Å². The molecule has 0 unspecified atom stereocenters. The standard InChI is InChI=1S/C13H17FO2/c1-16-10-5-6-12(14)11(9-10)13(15)7-3-2-4-8-13/h5-6,9,15H,2-4,7-8H2,1H3. The Morgan fingerprint density at radius 3 is 2.56 bits per heavy atom. The number of hydrogen-bond donors (Lipinski definition) is 1. The Balaban J connectivity index is 2.37. The van der Waals surface area contributed by atoms with Crippen LogP contribution < -0.4 is 4.74 Å². The van der Waals surface area contributed by atoms with Gasteiger partial charge in [-0.1, -0.05) is 19.3 Å². The second kappa shape index (κ2) is 4.42. The summed E-state index contributed by atoms with van der Waals surface area (Å²) in [5.41, 5.74) is -0.622. The lowest BCUT2D eigenvalue weighted by atomic mass is 9.79. The van der Waals surface area contributed by atoms with Crippen molar-refractivity contribution in [3.05, 3.63) is 29.6 Å². The Hall–Kier alpha value is -1.09. The van der Waals surface area contributed by atoms with Crippen LogP contribution in [0.2, 0.25) is 0 Å². The van der Waals surface area contributed by atoms with E-state index in [4.69, 9.17) is 4.74 Å². The molecule has 1 aliphatic rings. The van der Waals surface area contributed by atoms with Crippen LogP contribution in [0.3, 0.4) is 0 Å². The quantitative estimate of drug-likeness (QED) is 0.836. The number of hydrogen-bond acceptors (Lipinski definition) is 2. The molecule has 0 atom stereocenters. The molecule has 0 aliphatic heterocycles. The van der Waals surface area contributed by atoms with Crippen molar-refractivity contribution < 1.29 is 14.2 Å². The van der Waals surface area contributed by atoms with Crippen molar-refractivity contribution in [3.8, 4) is 5.75 Å². The van der Waals surface area contributed by atoms with E-state index in [1.165, 1.54) is 6.07 Å². The Bertz CT molecular complexity index is 370. The van der Waals surface area contributed by atoms with Crippen molar-refractivity contribution >= 4 is 0 Å². The molecule has 1 aliphatic carbocycles. The van der Waals surface area contributed by atoms with Crippen LogP contribution in [0.4, 0.5) is 4.39 Å². The summed E-state index contributed by atoms with van der Waals surface area (Å²) in [6.07, 6.45) is 4.29. The molecule has 0 spiro atoms. The summed E-state index contributed by atoms with van der Waals surface area (Å²) in [7, 11) is 1.54. The van der Waals surface area contributed by atoms with E-state index in [2.05, 4.69) is 0 Å². The lowest BCUT2D eigenvalue weighted by Gasteiger charge is -2.32. The molecule has 2 rings (SSSR count). The Kier molecular flexibility index (Phi) is 3.15. The van der Waals surface area contributed by atoms with Crippen molar-refractivity contribution in [2.24, 2.45) is 0 Å². The fourth-order valence-corrected chi connectivity index (χ4v) is 2.39. The van der Waals surface area contributed by atoms with E-state index in [9.17, 15) is 9.50 Å². The van der Waals surface area contributed by atoms with E-state index in [-0.39, 0.29) is 5.82 Å². The monoisotopic (exact) mass is 224 g/mol. The normalized spacial score (nSPS) is 19.4. The minimum atomic E-state index is -1.00. The molecule has 0 saturated heterocycles. The zero-order valence-corrected chi connectivity index (χ0v) is 9.50. The molecule has 1 aromatic carbocycles. The van der Waals surface area contributed by atoms with Crippen LogP contribution in [0.15, 0.2) is 18.2 Å². The lowest BCUT2D eigenvalue weighted by Crippen LogP contribution is -2.29. The summed E-state index contributed by atoms with van der Waals surface area (Å²) in [5, 5.41) is 10.4. The summed E-state index contributed by atoms with van der Waals surface area (Å²) >= 11 is 0. The van der Waals surface area contributed by atoms with Crippen LogP contribution in [0, 0.1) is 5.82 Å². The van der Waals surface area contributed by atoms with E-state index in [0.717, 1.165) is 19.3 Å². The van der Waals surface area contributed by atoms with E-state index >= 15 is 0 Å². The van der Waals surface area contributed by atoms with E-state index in [1.807, 2.05) is 0 Å². The maximum atomic E-state index is 13.7. The van der Waals surface area contributed by atoms with Gasteiger partial charge in [-0.15, -0.1) is 0 Å². The molecule has 16 heavy (non-hydrogen) atoms. The first-order valence-corrected chi connectivity index (χ1v) is 5.72. The van der Waals surface area contributed by atoms with Crippen LogP contribution in [0.5, 0.6) is 5.75 Å². The third kappa shape index (κ3) is 2.05. The molecule has 3 heteroatoms. The summed E-state index contributed by atoms with van der Waals surface area (Å²) in [6, 6.07) is 4.55. The molecule has 0 amide bonds. The van der Waals surface area contributed by atoms with E-state index in [1.54, 1.807) is 19.2 Å². The number of methoxy groups -OCH3 is 1. The van der Waals surface area contributed by atoms with Gasteiger partial charge in [0.1, 0.15) is 11.6 Å². The molecule has 0 bridgehead atoms. The van der Waals surface area contributed by atoms with Gasteiger partial charge in [-0.3, -0.25) is 0 Å². The number of halogens is 1. The van der Waals surface area contributed by atoms with Crippen molar-refractivity contribution in [1.82, 2.24) is 0 Å². The summed E-state index contributed by atoms with van der Waals surface area (Å²) < 4.78 is 18.8. The number of rotatable bonds is 2. The Morgan fingerprint density at radius 1 is 1.25 bits per heavy atom. The van der Waals surface area contributed by atoms with Gasteiger partial charge in [0.25, 0.3) is 0 Å². The van der Waals surface area contributed by atoms with Gasteiger partial charge in [0.2, 0.25) is 0 Å². The average molecular weight is 224 g/mol. The van der Waals surface area contributed by atoms with Crippen molar-refractivity contribution in [3.63, 3.8) is 0 Å². The van der Waals surface area contributed by atoms with Gasteiger partial charge in [0, 0.05) is 5.56 Å². The van der Waals surface area contributed by atoms with Gasteiger partial charge in [0.15, 0.2) is 0 Å². The predicted molar refractivity (Wildman–Crippen MR) is 59.9 cm³/mol. The fraction of sp³-hybridized carbons (Fsp3) is 0.538. The van der Waals surface area contributed by atoms with Gasteiger partial charge in [-0.2, -0.15) is 0 Å². The molecule has 88 valence electrons. The minimum Gasteiger partial charge on any atom is -0.497 e. The van der Waals surface area contributed by atoms with E-state index < -0.39 is 5.60 Å². The maximum absolute atomic E-state index is 13.7. The van der Waals surface area contributed by atoms with Crippen molar-refractivity contribution in [2.45, 2.75) is 37.7 Å². The second-order valence-corrected chi connectivity index (χ2v) is 4.44. The highest BCUT2D eigenvalue weighted by atomic mass is 19.1. The first-order valence-electron chi connectivity index (χ1n) is 5.72. The smallest absolute Gasteiger partial charge is 0.129 e. The largest absolute Gasteiger partial charge is 0.497 e. The summed E-state index contributed by atoms with van der Waals surface area (Å²) in [4.78, 5) is 0. The number of aliphatic hydroxyl groups is 1. The number of ether oxygens (including phenoxy) is 1.